The molecular weight excluding hydrogens is 420 g/mol. The standard InChI is InChI=1S/C26H26N2O5/c1-17-6-8-18(9-7-17)23-22(24(29)21-16-19-4-2-3-5-20(19)33-21)25(30)26(31)28(23)11-10-27-12-14-32-15-13-27/h2-9,16,23,30H,10-15H2,1H3/t23-/m0/s1. The maximum Gasteiger partial charge on any atom is 0.290 e. The van der Waals surface area contributed by atoms with E-state index in [0.717, 1.165) is 29.6 Å². The number of ketones is 1. The van der Waals surface area contributed by atoms with E-state index in [-0.39, 0.29) is 11.3 Å². The van der Waals surface area contributed by atoms with Crippen LogP contribution < -0.4 is 0 Å². The van der Waals surface area contributed by atoms with Gasteiger partial charge in [0.25, 0.3) is 5.91 Å². The molecule has 1 atom stereocenters. The fourth-order valence-electron chi connectivity index (χ4n) is 4.51. The van der Waals surface area contributed by atoms with Crippen LogP contribution in [0.3, 0.4) is 0 Å². The molecule has 2 aromatic carbocycles. The molecule has 5 rings (SSSR count). The Labute approximate surface area is 191 Å². The van der Waals surface area contributed by atoms with E-state index in [1.165, 1.54) is 0 Å². The molecule has 1 saturated heterocycles. The third-order valence-corrected chi connectivity index (χ3v) is 6.35. The van der Waals surface area contributed by atoms with Crippen LogP contribution in [0.25, 0.3) is 11.0 Å². The summed E-state index contributed by atoms with van der Waals surface area (Å²) in [4.78, 5) is 30.5. The third-order valence-electron chi connectivity index (χ3n) is 6.35. The van der Waals surface area contributed by atoms with Gasteiger partial charge in [-0.1, -0.05) is 48.0 Å². The van der Waals surface area contributed by atoms with Crippen molar-refractivity contribution in [2.45, 2.75) is 13.0 Å². The second-order valence-electron chi connectivity index (χ2n) is 8.51. The Bertz CT molecular complexity index is 1190. The molecule has 3 aromatic rings. The van der Waals surface area contributed by atoms with Gasteiger partial charge in [-0.3, -0.25) is 14.5 Å². The van der Waals surface area contributed by atoms with Crippen molar-refractivity contribution in [2.75, 3.05) is 39.4 Å². The molecule has 1 aromatic heterocycles. The van der Waals surface area contributed by atoms with Gasteiger partial charge in [0.15, 0.2) is 11.5 Å². The number of amides is 1. The lowest BCUT2D eigenvalue weighted by Gasteiger charge is -2.31. The molecule has 1 fully saturated rings. The average Bonchev–Trinajstić information content (AvgIpc) is 3.38. The van der Waals surface area contributed by atoms with Crippen LogP contribution in [0.2, 0.25) is 0 Å². The number of benzene rings is 2. The summed E-state index contributed by atoms with van der Waals surface area (Å²) in [5.41, 5.74) is 2.49. The minimum atomic E-state index is -0.681. The molecule has 2 aliphatic rings. The molecular formula is C26H26N2O5. The van der Waals surface area contributed by atoms with Crippen LogP contribution >= 0.6 is 0 Å². The lowest BCUT2D eigenvalue weighted by molar-refractivity contribution is -0.129. The number of ether oxygens (including phenoxy) is 1. The Kier molecular flexibility index (Phi) is 5.74. The van der Waals surface area contributed by atoms with Gasteiger partial charge in [0.1, 0.15) is 5.58 Å². The Balaban J connectivity index is 1.50. The number of para-hydroxylation sites is 1. The van der Waals surface area contributed by atoms with Crippen molar-refractivity contribution in [2.24, 2.45) is 0 Å². The summed E-state index contributed by atoms with van der Waals surface area (Å²) < 4.78 is 11.2. The normalized spacial score (nSPS) is 19.6. The van der Waals surface area contributed by atoms with E-state index in [0.29, 0.717) is 31.9 Å². The molecule has 0 bridgehead atoms. The van der Waals surface area contributed by atoms with Gasteiger partial charge in [0, 0.05) is 31.6 Å². The fourth-order valence-corrected chi connectivity index (χ4v) is 4.51. The van der Waals surface area contributed by atoms with E-state index in [2.05, 4.69) is 4.90 Å². The summed E-state index contributed by atoms with van der Waals surface area (Å²) in [6.45, 7) is 5.91. The largest absolute Gasteiger partial charge is 0.503 e. The number of furan rings is 1. The van der Waals surface area contributed by atoms with Gasteiger partial charge in [0.2, 0.25) is 5.78 Å². The van der Waals surface area contributed by atoms with Crippen molar-refractivity contribution in [1.29, 1.82) is 0 Å². The molecule has 1 amide bonds. The van der Waals surface area contributed by atoms with Crippen molar-refractivity contribution in [3.8, 4) is 0 Å². The number of aliphatic hydroxyl groups excluding tert-OH is 1. The molecule has 170 valence electrons. The molecule has 0 radical (unpaired) electrons. The number of hydrogen-bond donors (Lipinski definition) is 1. The molecule has 3 heterocycles. The number of nitrogens with zero attached hydrogens (tertiary/aromatic N) is 2. The molecule has 33 heavy (non-hydrogen) atoms. The first-order valence-corrected chi connectivity index (χ1v) is 11.2. The van der Waals surface area contributed by atoms with Crippen molar-refractivity contribution in [1.82, 2.24) is 9.80 Å². The van der Waals surface area contributed by atoms with Crippen molar-refractivity contribution >= 4 is 22.7 Å². The van der Waals surface area contributed by atoms with E-state index in [9.17, 15) is 14.7 Å². The summed E-state index contributed by atoms with van der Waals surface area (Å²) in [5.74, 6) is -1.41. The number of fused-ring (bicyclic) bond motifs is 1. The Morgan fingerprint density at radius 3 is 2.52 bits per heavy atom. The topological polar surface area (TPSA) is 83.2 Å². The number of aryl methyl sites for hydroxylation is 1. The zero-order valence-electron chi connectivity index (χ0n) is 18.5. The smallest absolute Gasteiger partial charge is 0.290 e. The lowest BCUT2D eigenvalue weighted by Crippen LogP contribution is -2.43. The van der Waals surface area contributed by atoms with Crippen LogP contribution in [0.1, 0.15) is 27.7 Å². The SMILES string of the molecule is Cc1ccc([C@H]2C(C(=O)c3cc4ccccc4o3)=C(O)C(=O)N2CCN2CCOCC2)cc1. The van der Waals surface area contributed by atoms with Crippen LogP contribution in [-0.2, 0) is 9.53 Å². The molecule has 0 saturated carbocycles. The highest BCUT2D eigenvalue weighted by molar-refractivity contribution is 6.16. The van der Waals surface area contributed by atoms with E-state index >= 15 is 0 Å². The Morgan fingerprint density at radius 2 is 1.79 bits per heavy atom. The van der Waals surface area contributed by atoms with Crippen LogP contribution in [0.4, 0.5) is 0 Å². The van der Waals surface area contributed by atoms with Gasteiger partial charge in [0.05, 0.1) is 24.8 Å². The van der Waals surface area contributed by atoms with Crippen LogP contribution in [0.15, 0.2) is 70.3 Å². The van der Waals surface area contributed by atoms with Gasteiger partial charge < -0.3 is 19.2 Å². The summed E-state index contributed by atoms with van der Waals surface area (Å²) >= 11 is 0. The summed E-state index contributed by atoms with van der Waals surface area (Å²) in [7, 11) is 0. The van der Waals surface area contributed by atoms with Crippen LogP contribution in [0, 0.1) is 6.92 Å². The lowest BCUT2D eigenvalue weighted by atomic mass is 9.94. The highest BCUT2D eigenvalue weighted by atomic mass is 16.5. The van der Waals surface area contributed by atoms with Crippen molar-refractivity contribution < 1.29 is 23.8 Å². The predicted molar refractivity (Wildman–Crippen MR) is 123 cm³/mol. The van der Waals surface area contributed by atoms with Gasteiger partial charge in [-0.15, -0.1) is 0 Å². The highest BCUT2D eigenvalue weighted by Crippen LogP contribution is 2.39. The summed E-state index contributed by atoms with van der Waals surface area (Å²) in [6, 6.07) is 16.0. The van der Waals surface area contributed by atoms with Gasteiger partial charge >= 0.3 is 0 Å². The second-order valence-corrected chi connectivity index (χ2v) is 8.51. The van der Waals surface area contributed by atoms with E-state index in [1.807, 2.05) is 49.4 Å². The van der Waals surface area contributed by atoms with Crippen LogP contribution in [0.5, 0.6) is 0 Å². The zero-order valence-corrected chi connectivity index (χ0v) is 18.5. The highest BCUT2D eigenvalue weighted by Gasteiger charge is 2.44. The molecule has 0 unspecified atom stereocenters. The van der Waals surface area contributed by atoms with Crippen molar-refractivity contribution in [3.05, 3.63) is 82.8 Å². The number of hydrogen-bond acceptors (Lipinski definition) is 6. The average molecular weight is 447 g/mol. The maximum atomic E-state index is 13.6. The number of aliphatic hydroxyl groups is 1. The first kappa shape index (κ1) is 21.4. The van der Waals surface area contributed by atoms with Gasteiger partial charge in [-0.2, -0.15) is 0 Å². The maximum absolute atomic E-state index is 13.6. The Hall–Kier alpha value is -3.42. The number of carbonyl (C=O) groups excluding carboxylic acids is 2. The number of carbonyl (C=O) groups is 2. The molecule has 2 aliphatic heterocycles. The monoisotopic (exact) mass is 446 g/mol. The molecule has 0 aliphatic carbocycles. The first-order valence-electron chi connectivity index (χ1n) is 11.2. The molecule has 7 heteroatoms. The van der Waals surface area contributed by atoms with Crippen molar-refractivity contribution in [3.63, 3.8) is 0 Å². The predicted octanol–water partition coefficient (Wildman–Crippen LogP) is 3.65. The summed E-state index contributed by atoms with van der Waals surface area (Å²) in [5, 5.41) is 11.6. The van der Waals surface area contributed by atoms with Crippen LogP contribution in [-0.4, -0.2) is 66.0 Å². The second kappa shape index (κ2) is 8.84. The summed E-state index contributed by atoms with van der Waals surface area (Å²) in [6.07, 6.45) is 0. The number of Topliss-reactive ketones (excluding diaryl/α,β-unsaturated/α-hetero) is 1. The number of rotatable bonds is 6. The first-order chi connectivity index (χ1) is 16.0. The number of morpholine rings is 1. The third kappa shape index (κ3) is 4.05. The van der Waals surface area contributed by atoms with E-state index in [1.54, 1.807) is 17.0 Å². The quantitative estimate of drug-likeness (QED) is 0.582. The van der Waals surface area contributed by atoms with E-state index < -0.39 is 23.5 Å². The molecule has 0 spiro atoms. The minimum absolute atomic E-state index is 0.0601. The molecule has 1 N–H and O–H groups in total. The fraction of sp³-hybridized carbons (Fsp3) is 0.308. The van der Waals surface area contributed by atoms with Gasteiger partial charge in [-0.25, -0.2) is 0 Å². The van der Waals surface area contributed by atoms with Gasteiger partial charge in [-0.05, 0) is 24.6 Å². The zero-order chi connectivity index (χ0) is 22.9. The van der Waals surface area contributed by atoms with E-state index in [4.69, 9.17) is 9.15 Å². The molecule has 7 nitrogen and oxygen atoms in total. The minimum Gasteiger partial charge on any atom is -0.503 e. The Morgan fingerprint density at radius 1 is 1.06 bits per heavy atom.